The number of benzene rings is 2. The van der Waals surface area contributed by atoms with Crippen molar-refractivity contribution < 1.29 is 5.11 Å². The van der Waals surface area contributed by atoms with Crippen LogP contribution in [0.2, 0.25) is 0 Å². The van der Waals surface area contributed by atoms with Crippen LogP contribution in [0.25, 0.3) is 21.8 Å². The predicted molar refractivity (Wildman–Crippen MR) is 123 cm³/mol. The van der Waals surface area contributed by atoms with E-state index >= 15 is 0 Å². The van der Waals surface area contributed by atoms with E-state index in [9.17, 15) is 9.90 Å². The number of aromatic nitrogens is 2. The largest absolute Gasteiger partial charge is 0.390 e. The highest BCUT2D eigenvalue weighted by atomic mass is 16.3. The van der Waals surface area contributed by atoms with Gasteiger partial charge in [-0.05, 0) is 30.5 Å². The number of hydrogen-bond acceptors (Lipinski definition) is 3. The molecule has 2 aliphatic rings. The van der Waals surface area contributed by atoms with Gasteiger partial charge in [0.1, 0.15) is 0 Å². The Morgan fingerprint density at radius 1 is 0.839 bits per heavy atom. The van der Waals surface area contributed by atoms with Gasteiger partial charge in [-0.15, -0.1) is 0 Å². The topological polar surface area (TPSA) is 50.4 Å². The molecular formula is C26H27N3O2. The maximum Gasteiger partial charge on any atom is 0.250 e. The molecule has 31 heavy (non-hydrogen) atoms. The molecule has 2 aliphatic heterocycles. The third kappa shape index (κ3) is 3.20. The number of rotatable bonds is 4. The van der Waals surface area contributed by atoms with Crippen molar-refractivity contribution >= 4 is 21.8 Å². The highest BCUT2D eigenvalue weighted by molar-refractivity contribution is 6.07. The average Bonchev–Trinajstić information content (AvgIpc) is 3.08. The molecule has 1 N–H and O–H groups in total. The van der Waals surface area contributed by atoms with E-state index in [-0.39, 0.29) is 5.56 Å². The lowest BCUT2D eigenvalue weighted by molar-refractivity contribution is 0.0558. The first-order valence-electron chi connectivity index (χ1n) is 11.2. The summed E-state index contributed by atoms with van der Waals surface area (Å²) in [6.07, 6.45) is 0.694. The molecule has 5 nitrogen and oxygen atoms in total. The smallest absolute Gasteiger partial charge is 0.250 e. The van der Waals surface area contributed by atoms with Crippen molar-refractivity contribution in [1.82, 2.24) is 14.0 Å². The average molecular weight is 414 g/mol. The SMILES string of the molecule is O=c1cccc2n1C[C@H]1C[C@@H]2CN(C[C@H](O)Cn2c3ccccc3c3ccccc32)C1. The molecular weight excluding hydrogens is 386 g/mol. The molecule has 3 atom stereocenters. The normalized spacial score (nSPS) is 22.0. The third-order valence-electron chi connectivity index (χ3n) is 7.10. The van der Waals surface area contributed by atoms with E-state index in [0.717, 1.165) is 31.7 Å². The van der Waals surface area contributed by atoms with Crippen molar-refractivity contribution in [3.05, 3.63) is 82.8 Å². The van der Waals surface area contributed by atoms with Crippen molar-refractivity contribution in [1.29, 1.82) is 0 Å². The van der Waals surface area contributed by atoms with Crippen LogP contribution in [-0.2, 0) is 13.1 Å². The molecule has 1 saturated heterocycles. The number of para-hydroxylation sites is 2. The molecule has 4 aromatic rings. The fourth-order valence-corrected chi connectivity index (χ4v) is 5.91. The first-order chi connectivity index (χ1) is 15.2. The molecule has 0 saturated carbocycles. The monoisotopic (exact) mass is 413 g/mol. The lowest BCUT2D eigenvalue weighted by atomic mass is 9.83. The molecule has 0 aliphatic carbocycles. The van der Waals surface area contributed by atoms with Gasteiger partial charge in [-0.2, -0.15) is 0 Å². The van der Waals surface area contributed by atoms with E-state index in [4.69, 9.17) is 0 Å². The van der Waals surface area contributed by atoms with E-state index in [1.54, 1.807) is 6.07 Å². The van der Waals surface area contributed by atoms with Gasteiger partial charge in [-0.1, -0.05) is 42.5 Å². The summed E-state index contributed by atoms with van der Waals surface area (Å²) in [5.41, 5.74) is 3.62. The fraction of sp³-hybridized carbons (Fsp3) is 0.346. The Kier molecular flexibility index (Phi) is 4.47. The number of likely N-dealkylation sites (tertiary alicyclic amines) is 1. The van der Waals surface area contributed by atoms with Gasteiger partial charge in [-0.3, -0.25) is 9.69 Å². The summed E-state index contributed by atoms with van der Waals surface area (Å²) in [5, 5.41) is 13.5. The number of piperidine rings is 1. The van der Waals surface area contributed by atoms with Gasteiger partial charge < -0.3 is 14.2 Å². The Labute approximate surface area is 181 Å². The summed E-state index contributed by atoms with van der Waals surface area (Å²) in [6, 6.07) is 22.5. The summed E-state index contributed by atoms with van der Waals surface area (Å²) in [5.74, 6) is 0.855. The predicted octanol–water partition coefficient (Wildman–Crippen LogP) is 3.44. The number of aliphatic hydroxyl groups is 1. The van der Waals surface area contributed by atoms with Gasteiger partial charge >= 0.3 is 0 Å². The molecule has 2 bridgehead atoms. The summed E-state index contributed by atoms with van der Waals surface area (Å²) in [6.45, 7) is 3.89. The lowest BCUT2D eigenvalue weighted by Gasteiger charge is -2.43. The maximum absolute atomic E-state index is 12.3. The van der Waals surface area contributed by atoms with Gasteiger partial charge in [0, 0.05) is 65.7 Å². The molecule has 4 heterocycles. The molecule has 5 heteroatoms. The molecule has 158 valence electrons. The lowest BCUT2D eigenvalue weighted by Crippen LogP contribution is -2.49. The van der Waals surface area contributed by atoms with Crippen LogP contribution in [-0.4, -0.2) is 44.9 Å². The van der Waals surface area contributed by atoms with Crippen molar-refractivity contribution in [3.63, 3.8) is 0 Å². The van der Waals surface area contributed by atoms with Gasteiger partial charge in [0.05, 0.1) is 12.6 Å². The first kappa shape index (κ1) is 18.8. The second kappa shape index (κ2) is 7.36. The minimum Gasteiger partial charge on any atom is -0.390 e. The van der Waals surface area contributed by atoms with Crippen LogP contribution in [0, 0.1) is 5.92 Å². The minimum atomic E-state index is -0.448. The van der Waals surface area contributed by atoms with Gasteiger partial charge in [0.15, 0.2) is 0 Å². The second-order valence-corrected chi connectivity index (χ2v) is 9.22. The van der Waals surface area contributed by atoms with Crippen LogP contribution in [0.3, 0.4) is 0 Å². The zero-order valence-electron chi connectivity index (χ0n) is 17.5. The number of β-amino-alcohol motifs (C(OH)–C–C–N with tert-alkyl or cyclic N) is 1. The quantitative estimate of drug-likeness (QED) is 0.558. The number of hydrogen-bond donors (Lipinski definition) is 1. The Balaban J connectivity index is 1.24. The fourth-order valence-electron chi connectivity index (χ4n) is 5.91. The molecule has 2 aromatic carbocycles. The van der Waals surface area contributed by atoms with E-state index < -0.39 is 6.10 Å². The maximum atomic E-state index is 12.3. The van der Waals surface area contributed by atoms with Crippen molar-refractivity contribution in [2.24, 2.45) is 5.92 Å². The zero-order valence-corrected chi connectivity index (χ0v) is 17.5. The first-order valence-corrected chi connectivity index (χ1v) is 11.2. The van der Waals surface area contributed by atoms with E-state index in [1.165, 1.54) is 21.8 Å². The summed E-state index contributed by atoms with van der Waals surface area (Å²) in [7, 11) is 0. The van der Waals surface area contributed by atoms with Crippen molar-refractivity contribution in [2.75, 3.05) is 19.6 Å². The highest BCUT2D eigenvalue weighted by Gasteiger charge is 2.35. The van der Waals surface area contributed by atoms with Crippen molar-refractivity contribution in [2.45, 2.75) is 31.5 Å². The van der Waals surface area contributed by atoms with E-state index in [2.05, 4.69) is 64.1 Å². The Hall–Kier alpha value is -2.89. The summed E-state index contributed by atoms with van der Waals surface area (Å²) >= 11 is 0. The van der Waals surface area contributed by atoms with Crippen LogP contribution < -0.4 is 5.56 Å². The molecule has 2 aromatic heterocycles. The highest BCUT2D eigenvalue weighted by Crippen LogP contribution is 2.35. The number of fused-ring (bicyclic) bond motifs is 7. The van der Waals surface area contributed by atoms with Gasteiger partial charge in [-0.25, -0.2) is 0 Å². The second-order valence-electron chi connectivity index (χ2n) is 9.22. The Morgan fingerprint density at radius 2 is 1.55 bits per heavy atom. The molecule has 6 rings (SSSR count). The zero-order chi connectivity index (χ0) is 20.9. The van der Waals surface area contributed by atoms with Crippen LogP contribution >= 0.6 is 0 Å². The number of aliphatic hydroxyl groups excluding tert-OH is 1. The standard InChI is InChI=1S/C26H27N3O2/c30-20(17-28-24-8-3-1-6-21(24)22-7-2-4-9-25(22)28)16-27-13-18-12-19(15-27)23-10-5-11-26(31)29(23)14-18/h1-11,18-20,30H,12-17H2/t18-,19+,20-/m0/s1. The van der Waals surface area contributed by atoms with Gasteiger partial charge in [0.2, 0.25) is 0 Å². The molecule has 0 spiro atoms. The number of pyridine rings is 1. The molecule has 0 unspecified atom stereocenters. The van der Waals surface area contributed by atoms with Crippen LogP contribution in [0.1, 0.15) is 18.0 Å². The molecule has 1 fully saturated rings. The Morgan fingerprint density at radius 3 is 2.29 bits per heavy atom. The van der Waals surface area contributed by atoms with Crippen molar-refractivity contribution in [3.8, 4) is 0 Å². The van der Waals surface area contributed by atoms with E-state index in [0.29, 0.717) is 24.9 Å². The van der Waals surface area contributed by atoms with E-state index in [1.807, 2.05) is 10.6 Å². The Bertz CT molecular complexity index is 1270. The minimum absolute atomic E-state index is 0.118. The summed E-state index contributed by atoms with van der Waals surface area (Å²) < 4.78 is 4.22. The molecule has 0 radical (unpaired) electrons. The van der Waals surface area contributed by atoms with Crippen LogP contribution in [0.4, 0.5) is 0 Å². The van der Waals surface area contributed by atoms with Crippen LogP contribution in [0.5, 0.6) is 0 Å². The van der Waals surface area contributed by atoms with Crippen LogP contribution in [0.15, 0.2) is 71.5 Å². The van der Waals surface area contributed by atoms with Gasteiger partial charge in [0.25, 0.3) is 5.56 Å². The third-order valence-corrected chi connectivity index (χ3v) is 7.10. The molecule has 0 amide bonds. The summed E-state index contributed by atoms with van der Waals surface area (Å²) in [4.78, 5) is 14.7. The number of nitrogens with zero attached hydrogens (tertiary/aromatic N) is 3.